The number of ether oxygens (including phenoxy) is 1. The van der Waals surface area contributed by atoms with Crippen LogP contribution in [-0.4, -0.2) is 33.8 Å². The van der Waals surface area contributed by atoms with Crippen LogP contribution in [0.15, 0.2) is 53.0 Å². The van der Waals surface area contributed by atoms with Crippen LogP contribution in [0.5, 0.6) is 5.75 Å². The lowest BCUT2D eigenvalue weighted by Gasteiger charge is -2.09. The highest BCUT2D eigenvalue weighted by molar-refractivity contribution is 9.10. The molecule has 1 aromatic heterocycles. The Morgan fingerprint density at radius 3 is 2.70 bits per heavy atom. The van der Waals surface area contributed by atoms with Gasteiger partial charge in [0.2, 0.25) is 0 Å². The molecule has 3 aromatic rings. The Morgan fingerprint density at radius 1 is 1.26 bits per heavy atom. The van der Waals surface area contributed by atoms with E-state index in [9.17, 15) is 4.79 Å². The van der Waals surface area contributed by atoms with Crippen molar-refractivity contribution in [3.63, 3.8) is 0 Å². The SMILES string of the molecule is CCSCn1nnc(-c2ccc(OC)cc2)c1C(=O)Nc1cccc(Br)c1. The predicted molar refractivity (Wildman–Crippen MR) is 112 cm³/mol. The minimum absolute atomic E-state index is 0.249. The summed E-state index contributed by atoms with van der Waals surface area (Å²) in [6, 6.07) is 14.9. The molecule has 0 aliphatic rings. The second kappa shape index (κ2) is 9.05. The lowest BCUT2D eigenvalue weighted by atomic mass is 10.1. The van der Waals surface area contributed by atoms with Crippen LogP contribution in [0, 0.1) is 0 Å². The van der Waals surface area contributed by atoms with E-state index in [-0.39, 0.29) is 5.91 Å². The van der Waals surface area contributed by atoms with Gasteiger partial charge in [-0.2, -0.15) is 0 Å². The Bertz CT molecular complexity index is 928. The van der Waals surface area contributed by atoms with Crippen LogP contribution >= 0.6 is 27.7 Å². The van der Waals surface area contributed by atoms with E-state index in [1.165, 1.54) is 0 Å². The highest BCUT2D eigenvalue weighted by Gasteiger charge is 2.22. The van der Waals surface area contributed by atoms with Crippen molar-refractivity contribution in [3.8, 4) is 17.0 Å². The van der Waals surface area contributed by atoms with Gasteiger partial charge in [-0.1, -0.05) is 34.1 Å². The zero-order valence-electron chi connectivity index (χ0n) is 15.0. The molecule has 1 heterocycles. The van der Waals surface area contributed by atoms with E-state index in [1.807, 2.05) is 48.5 Å². The topological polar surface area (TPSA) is 69.0 Å². The fraction of sp³-hybridized carbons (Fsp3) is 0.211. The summed E-state index contributed by atoms with van der Waals surface area (Å²) in [5.74, 6) is 1.97. The number of methoxy groups -OCH3 is 1. The molecule has 6 nitrogen and oxygen atoms in total. The molecule has 0 saturated carbocycles. The Kier molecular flexibility index (Phi) is 6.52. The number of nitrogens with zero attached hydrogens (tertiary/aromatic N) is 3. The summed E-state index contributed by atoms with van der Waals surface area (Å²) in [5.41, 5.74) is 2.48. The number of nitrogens with one attached hydrogen (secondary N) is 1. The van der Waals surface area contributed by atoms with Gasteiger partial charge in [0.05, 0.1) is 13.0 Å². The molecule has 0 aliphatic carbocycles. The molecule has 1 amide bonds. The van der Waals surface area contributed by atoms with E-state index in [0.717, 1.165) is 21.5 Å². The Morgan fingerprint density at radius 2 is 2.04 bits per heavy atom. The van der Waals surface area contributed by atoms with E-state index in [2.05, 4.69) is 38.5 Å². The largest absolute Gasteiger partial charge is 0.497 e. The number of benzene rings is 2. The third kappa shape index (κ3) is 4.70. The fourth-order valence-electron chi connectivity index (χ4n) is 2.51. The maximum atomic E-state index is 13.0. The Labute approximate surface area is 170 Å². The van der Waals surface area contributed by atoms with E-state index in [1.54, 1.807) is 23.6 Å². The third-order valence-electron chi connectivity index (χ3n) is 3.81. The zero-order chi connectivity index (χ0) is 19.2. The fourth-order valence-corrected chi connectivity index (χ4v) is 3.44. The number of carbonyl (C=O) groups is 1. The molecule has 1 N–H and O–H groups in total. The number of thioether (sulfide) groups is 1. The molecule has 8 heteroatoms. The first-order chi connectivity index (χ1) is 13.1. The number of hydrogen-bond acceptors (Lipinski definition) is 5. The van der Waals surface area contributed by atoms with Crippen LogP contribution in [0.4, 0.5) is 5.69 Å². The maximum Gasteiger partial charge on any atom is 0.276 e. The molecule has 2 aromatic carbocycles. The number of carbonyl (C=O) groups excluding carboxylic acids is 1. The van der Waals surface area contributed by atoms with Crippen molar-refractivity contribution >= 4 is 39.3 Å². The van der Waals surface area contributed by atoms with Gasteiger partial charge in [0, 0.05) is 15.7 Å². The molecule has 140 valence electrons. The maximum absolute atomic E-state index is 13.0. The smallest absolute Gasteiger partial charge is 0.276 e. The van der Waals surface area contributed by atoms with E-state index < -0.39 is 0 Å². The quantitative estimate of drug-likeness (QED) is 0.570. The van der Waals surface area contributed by atoms with Gasteiger partial charge in [0.1, 0.15) is 11.4 Å². The average Bonchev–Trinajstić information content (AvgIpc) is 3.10. The van der Waals surface area contributed by atoms with Gasteiger partial charge >= 0.3 is 0 Å². The van der Waals surface area contributed by atoms with Crippen LogP contribution in [-0.2, 0) is 5.88 Å². The Hall–Kier alpha value is -2.32. The van der Waals surface area contributed by atoms with Crippen LogP contribution in [0.1, 0.15) is 17.4 Å². The van der Waals surface area contributed by atoms with E-state index in [0.29, 0.717) is 23.0 Å². The minimum atomic E-state index is -0.249. The lowest BCUT2D eigenvalue weighted by Crippen LogP contribution is -2.18. The van der Waals surface area contributed by atoms with Gasteiger partial charge in [-0.15, -0.1) is 16.9 Å². The molecule has 0 atom stereocenters. The normalized spacial score (nSPS) is 10.6. The average molecular weight is 447 g/mol. The molecule has 0 radical (unpaired) electrons. The number of amides is 1. The van der Waals surface area contributed by atoms with Crippen molar-refractivity contribution in [2.75, 3.05) is 18.2 Å². The molecule has 0 aliphatic heterocycles. The predicted octanol–water partition coefficient (Wildman–Crippen LogP) is 4.68. The first-order valence-corrected chi connectivity index (χ1v) is 10.3. The van der Waals surface area contributed by atoms with Crippen LogP contribution < -0.4 is 10.1 Å². The monoisotopic (exact) mass is 446 g/mol. The first kappa shape index (κ1) is 19.4. The van der Waals surface area contributed by atoms with Crippen LogP contribution in [0.3, 0.4) is 0 Å². The number of aromatic nitrogens is 3. The van der Waals surface area contributed by atoms with Crippen molar-refractivity contribution in [2.24, 2.45) is 0 Å². The molecule has 0 unspecified atom stereocenters. The summed E-state index contributed by atoms with van der Waals surface area (Å²) in [7, 11) is 1.62. The van der Waals surface area contributed by atoms with Gasteiger partial charge < -0.3 is 10.1 Å². The lowest BCUT2D eigenvalue weighted by molar-refractivity contribution is 0.101. The molecule has 0 spiro atoms. The summed E-state index contributed by atoms with van der Waals surface area (Å²) in [5, 5.41) is 11.4. The van der Waals surface area contributed by atoms with Gasteiger partial charge in [-0.05, 0) is 48.2 Å². The molecule has 0 fully saturated rings. The van der Waals surface area contributed by atoms with Crippen molar-refractivity contribution in [2.45, 2.75) is 12.8 Å². The molecular weight excluding hydrogens is 428 g/mol. The van der Waals surface area contributed by atoms with E-state index in [4.69, 9.17) is 4.74 Å². The molecule has 0 bridgehead atoms. The molecule has 27 heavy (non-hydrogen) atoms. The highest BCUT2D eigenvalue weighted by atomic mass is 79.9. The van der Waals surface area contributed by atoms with Gasteiger partial charge in [0.15, 0.2) is 5.69 Å². The van der Waals surface area contributed by atoms with Gasteiger partial charge in [-0.25, -0.2) is 4.68 Å². The number of halogens is 1. The van der Waals surface area contributed by atoms with Gasteiger partial charge in [0.25, 0.3) is 5.91 Å². The van der Waals surface area contributed by atoms with Crippen molar-refractivity contribution in [1.82, 2.24) is 15.0 Å². The van der Waals surface area contributed by atoms with Crippen LogP contribution in [0.2, 0.25) is 0 Å². The van der Waals surface area contributed by atoms with Gasteiger partial charge in [-0.3, -0.25) is 4.79 Å². The van der Waals surface area contributed by atoms with Crippen LogP contribution in [0.25, 0.3) is 11.3 Å². The first-order valence-electron chi connectivity index (χ1n) is 8.35. The second-order valence-electron chi connectivity index (χ2n) is 5.60. The summed E-state index contributed by atoms with van der Waals surface area (Å²) < 4.78 is 7.74. The standard InChI is InChI=1S/C19H19BrN4O2S/c1-3-27-12-24-18(19(25)21-15-6-4-5-14(20)11-15)17(22-23-24)13-7-9-16(26-2)10-8-13/h4-11H,3,12H2,1-2H3,(H,21,25). The summed E-state index contributed by atoms with van der Waals surface area (Å²) >= 11 is 5.09. The summed E-state index contributed by atoms with van der Waals surface area (Å²) in [6.07, 6.45) is 0. The van der Waals surface area contributed by atoms with Crippen molar-refractivity contribution in [1.29, 1.82) is 0 Å². The highest BCUT2D eigenvalue weighted by Crippen LogP contribution is 2.26. The second-order valence-corrected chi connectivity index (χ2v) is 7.76. The Balaban J connectivity index is 1.96. The van der Waals surface area contributed by atoms with Crippen molar-refractivity contribution < 1.29 is 9.53 Å². The number of hydrogen-bond donors (Lipinski definition) is 1. The summed E-state index contributed by atoms with van der Waals surface area (Å²) in [4.78, 5) is 13.0. The third-order valence-corrected chi connectivity index (χ3v) is 5.14. The molecule has 0 saturated heterocycles. The van der Waals surface area contributed by atoms with E-state index >= 15 is 0 Å². The summed E-state index contributed by atoms with van der Waals surface area (Å²) in [6.45, 7) is 2.06. The van der Waals surface area contributed by atoms with Crippen molar-refractivity contribution in [3.05, 3.63) is 58.7 Å². The zero-order valence-corrected chi connectivity index (χ0v) is 17.4. The minimum Gasteiger partial charge on any atom is -0.497 e. The molecule has 3 rings (SSSR count). The number of anilines is 1. The molecular formula is C19H19BrN4O2S. The number of rotatable bonds is 7.